The third-order valence-corrected chi connectivity index (χ3v) is 3.87. The van der Waals surface area contributed by atoms with Crippen LogP contribution < -0.4 is 9.47 Å². The third kappa shape index (κ3) is 1.73. The Bertz CT molecular complexity index is 502. The molecule has 0 amide bonds. The Morgan fingerprint density at radius 1 is 1.44 bits per heavy atom. The van der Waals surface area contributed by atoms with E-state index in [9.17, 15) is 5.26 Å². The van der Waals surface area contributed by atoms with Crippen LogP contribution in [0.25, 0.3) is 0 Å². The van der Waals surface area contributed by atoms with Crippen molar-refractivity contribution in [3.8, 4) is 17.6 Å². The number of rotatable bonds is 4. The molecule has 0 aromatic heterocycles. The van der Waals surface area contributed by atoms with Crippen LogP contribution in [-0.2, 0) is 6.42 Å². The average molecular weight is 245 g/mol. The van der Waals surface area contributed by atoms with Gasteiger partial charge in [0.05, 0.1) is 26.2 Å². The predicted octanol–water partition coefficient (Wildman–Crippen LogP) is 3.38. The Balaban J connectivity index is 2.65. The van der Waals surface area contributed by atoms with Gasteiger partial charge in [-0.25, -0.2) is 0 Å². The molecule has 0 saturated heterocycles. The second kappa shape index (κ2) is 4.89. The Kier molecular flexibility index (Phi) is 3.47. The summed E-state index contributed by atoms with van der Waals surface area (Å²) in [6.45, 7) is 4.32. The summed E-state index contributed by atoms with van der Waals surface area (Å²) in [5, 5.41) is 9.18. The molecule has 1 aromatic rings. The predicted molar refractivity (Wildman–Crippen MR) is 70.3 cm³/mol. The maximum atomic E-state index is 9.18. The fraction of sp³-hybridized carbons (Fsp3) is 0.533. The molecule has 0 saturated carbocycles. The van der Waals surface area contributed by atoms with Gasteiger partial charge in [0.25, 0.3) is 0 Å². The first-order valence-electron chi connectivity index (χ1n) is 6.35. The number of nitriles is 1. The van der Waals surface area contributed by atoms with Crippen molar-refractivity contribution in [3.05, 3.63) is 22.8 Å². The topological polar surface area (TPSA) is 42.2 Å². The van der Waals surface area contributed by atoms with E-state index in [0.717, 1.165) is 29.9 Å². The lowest BCUT2D eigenvalue weighted by atomic mass is 9.72. The highest BCUT2D eigenvalue weighted by Gasteiger charge is 2.34. The molecule has 2 unspecified atom stereocenters. The van der Waals surface area contributed by atoms with Crippen LogP contribution in [0.1, 0.15) is 48.8 Å². The maximum Gasteiger partial charge on any atom is 0.164 e. The molecule has 2 atom stereocenters. The molecule has 0 heterocycles. The molecule has 0 bridgehead atoms. The van der Waals surface area contributed by atoms with Crippen LogP contribution in [0, 0.1) is 11.3 Å². The summed E-state index contributed by atoms with van der Waals surface area (Å²) >= 11 is 0. The molecule has 0 fully saturated rings. The van der Waals surface area contributed by atoms with E-state index in [1.165, 1.54) is 11.1 Å². The largest absolute Gasteiger partial charge is 0.493 e. The molecule has 0 N–H and O–H groups in total. The van der Waals surface area contributed by atoms with Crippen LogP contribution in [0.3, 0.4) is 0 Å². The number of benzene rings is 1. The van der Waals surface area contributed by atoms with Crippen molar-refractivity contribution >= 4 is 0 Å². The summed E-state index contributed by atoms with van der Waals surface area (Å²) in [7, 11) is 3.32. The first-order chi connectivity index (χ1) is 8.67. The zero-order valence-electron chi connectivity index (χ0n) is 11.4. The SMILES string of the molecule is CCC(C)c1c(OC)c(OC)cc2c1C(C#N)C2. The number of hydrogen-bond donors (Lipinski definition) is 0. The highest BCUT2D eigenvalue weighted by atomic mass is 16.5. The molecular weight excluding hydrogens is 226 g/mol. The van der Waals surface area contributed by atoms with Crippen molar-refractivity contribution in [2.45, 2.75) is 38.5 Å². The highest BCUT2D eigenvalue weighted by molar-refractivity contribution is 5.62. The van der Waals surface area contributed by atoms with Crippen molar-refractivity contribution in [1.29, 1.82) is 5.26 Å². The molecule has 1 aromatic carbocycles. The molecule has 3 nitrogen and oxygen atoms in total. The Hall–Kier alpha value is -1.69. The highest BCUT2D eigenvalue weighted by Crippen LogP contribution is 2.49. The summed E-state index contributed by atoms with van der Waals surface area (Å²) in [5.74, 6) is 1.97. The average Bonchev–Trinajstić information content (AvgIpc) is 2.38. The monoisotopic (exact) mass is 245 g/mol. The Morgan fingerprint density at radius 3 is 2.67 bits per heavy atom. The molecule has 0 spiro atoms. The lowest BCUT2D eigenvalue weighted by Crippen LogP contribution is -2.20. The molecule has 18 heavy (non-hydrogen) atoms. The van der Waals surface area contributed by atoms with Gasteiger partial charge < -0.3 is 9.47 Å². The van der Waals surface area contributed by atoms with Crippen LogP contribution >= 0.6 is 0 Å². The van der Waals surface area contributed by atoms with Crippen molar-refractivity contribution in [3.63, 3.8) is 0 Å². The van der Waals surface area contributed by atoms with Crippen LogP contribution in [0.2, 0.25) is 0 Å². The third-order valence-electron chi connectivity index (χ3n) is 3.87. The summed E-state index contributed by atoms with van der Waals surface area (Å²) in [6.07, 6.45) is 1.85. The van der Waals surface area contributed by atoms with E-state index in [4.69, 9.17) is 9.47 Å². The van der Waals surface area contributed by atoms with Gasteiger partial charge in [0.1, 0.15) is 0 Å². The van der Waals surface area contributed by atoms with Gasteiger partial charge in [-0.3, -0.25) is 0 Å². The van der Waals surface area contributed by atoms with Crippen molar-refractivity contribution < 1.29 is 9.47 Å². The van der Waals surface area contributed by atoms with Crippen molar-refractivity contribution in [2.24, 2.45) is 0 Å². The second-order valence-corrected chi connectivity index (χ2v) is 4.79. The van der Waals surface area contributed by atoms with Gasteiger partial charge >= 0.3 is 0 Å². The van der Waals surface area contributed by atoms with Crippen molar-refractivity contribution in [2.75, 3.05) is 14.2 Å². The number of methoxy groups -OCH3 is 2. The van der Waals surface area contributed by atoms with Crippen LogP contribution in [0.15, 0.2) is 6.07 Å². The molecule has 1 aliphatic rings. The molecule has 0 aliphatic heterocycles. The van der Waals surface area contributed by atoms with E-state index in [1.54, 1.807) is 14.2 Å². The molecule has 3 heteroatoms. The zero-order chi connectivity index (χ0) is 13.3. The van der Waals surface area contributed by atoms with Crippen LogP contribution in [0.4, 0.5) is 0 Å². The zero-order valence-corrected chi connectivity index (χ0v) is 11.4. The summed E-state index contributed by atoms with van der Waals surface area (Å²) in [5.41, 5.74) is 3.56. The van der Waals surface area contributed by atoms with Gasteiger partial charge in [-0.15, -0.1) is 0 Å². The minimum Gasteiger partial charge on any atom is -0.493 e. The normalized spacial score (nSPS) is 18.3. The molecule has 2 rings (SSSR count). The van der Waals surface area contributed by atoms with Crippen LogP contribution in [-0.4, -0.2) is 14.2 Å². The van der Waals surface area contributed by atoms with E-state index in [-0.39, 0.29) is 5.92 Å². The minimum absolute atomic E-state index is 0.0174. The quantitative estimate of drug-likeness (QED) is 0.816. The van der Waals surface area contributed by atoms with Gasteiger partial charge in [-0.1, -0.05) is 13.8 Å². The second-order valence-electron chi connectivity index (χ2n) is 4.79. The van der Waals surface area contributed by atoms with Gasteiger partial charge in [0, 0.05) is 5.56 Å². The lowest BCUT2D eigenvalue weighted by molar-refractivity contribution is 0.346. The maximum absolute atomic E-state index is 9.18. The van der Waals surface area contributed by atoms with Gasteiger partial charge in [-0.2, -0.15) is 5.26 Å². The van der Waals surface area contributed by atoms with Gasteiger partial charge in [0.2, 0.25) is 0 Å². The van der Waals surface area contributed by atoms with E-state index in [1.807, 2.05) is 6.07 Å². The standard InChI is InChI=1S/C15H19NO2/c1-5-9(2)13-14-10(6-11(14)8-16)7-12(17-3)15(13)18-4/h7,9,11H,5-6H2,1-4H3. The first kappa shape index (κ1) is 12.8. The number of fused-ring (bicyclic) bond motifs is 1. The number of nitrogens with zero attached hydrogens (tertiary/aromatic N) is 1. The Labute approximate surface area is 108 Å². The van der Waals surface area contributed by atoms with E-state index >= 15 is 0 Å². The van der Waals surface area contributed by atoms with Gasteiger partial charge in [-0.05, 0) is 36.0 Å². The van der Waals surface area contributed by atoms with Gasteiger partial charge in [0.15, 0.2) is 11.5 Å². The fourth-order valence-corrected chi connectivity index (χ4v) is 2.67. The van der Waals surface area contributed by atoms with E-state index in [0.29, 0.717) is 5.92 Å². The molecule has 0 radical (unpaired) electrons. The van der Waals surface area contributed by atoms with Crippen LogP contribution in [0.5, 0.6) is 11.5 Å². The smallest absolute Gasteiger partial charge is 0.164 e. The first-order valence-corrected chi connectivity index (χ1v) is 6.35. The molecular formula is C15H19NO2. The summed E-state index contributed by atoms with van der Waals surface area (Å²) < 4.78 is 10.9. The fourth-order valence-electron chi connectivity index (χ4n) is 2.67. The Morgan fingerprint density at radius 2 is 2.17 bits per heavy atom. The summed E-state index contributed by atoms with van der Waals surface area (Å²) in [6, 6.07) is 4.38. The number of ether oxygens (including phenoxy) is 2. The summed E-state index contributed by atoms with van der Waals surface area (Å²) in [4.78, 5) is 0. The molecule has 96 valence electrons. The van der Waals surface area contributed by atoms with Crippen molar-refractivity contribution in [1.82, 2.24) is 0 Å². The van der Waals surface area contributed by atoms with E-state index < -0.39 is 0 Å². The number of hydrogen-bond acceptors (Lipinski definition) is 3. The minimum atomic E-state index is 0.0174. The lowest BCUT2D eigenvalue weighted by Gasteiger charge is -2.32. The van der Waals surface area contributed by atoms with E-state index in [2.05, 4.69) is 19.9 Å². The molecule has 1 aliphatic carbocycles.